The molecule has 10 nitrogen and oxygen atoms in total. The molecule has 10 heteroatoms. The molecule has 0 radical (unpaired) electrons. The normalized spacial score (nSPS) is 38.1. The van der Waals surface area contributed by atoms with Gasteiger partial charge in [0.05, 0.1) is 23.6 Å². The molecule has 3 unspecified atom stereocenters. The summed E-state index contributed by atoms with van der Waals surface area (Å²) in [7, 11) is 4.41. The third kappa shape index (κ3) is 2.74. The Morgan fingerprint density at radius 1 is 1.15 bits per heavy atom. The van der Waals surface area contributed by atoms with Crippen LogP contribution in [0.25, 0.3) is 0 Å². The van der Waals surface area contributed by atoms with Gasteiger partial charge in [-0.1, -0.05) is 19.1 Å². The zero-order valence-electron chi connectivity index (χ0n) is 18.7. The van der Waals surface area contributed by atoms with Crippen molar-refractivity contribution >= 4 is 29.0 Å². The van der Waals surface area contributed by atoms with E-state index in [9.17, 15) is 34.2 Å². The SMILES string of the molecule is CNC12C(=O)C(C(N)=O)C(=O)[C@@H](N(C)C)[C@H]1[C@H](O)[C@H]1C(C(=O)c3c(O)cccc3[C@@H]1C)C2=O. The zero-order valence-corrected chi connectivity index (χ0v) is 18.7. The number of benzene rings is 1. The molecule has 0 saturated heterocycles. The predicted molar refractivity (Wildman–Crippen MR) is 114 cm³/mol. The molecule has 1 aromatic rings. The Morgan fingerprint density at radius 3 is 2.33 bits per heavy atom. The minimum absolute atomic E-state index is 0.0218. The van der Waals surface area contributed by atoms with Gasteiger partial charge in [0.25, 0.3) is 0 Å². The van der Waals surface area contributed by atoms with Crippen LogP contribution in [0.15, 0.2) is 18.2 Å². The van der Waals surface area contributed by atoms with Crippen molar-refractivity contribution in [3.63, 3.8) is 0 Å². The second kappa shape index (κ2) is 7.54. The van der Waals surface area contributed by atoms with E-state index in [2.05, 4.69) is 5.32 Å². The summed E-state index contributed by atoms with van der Waals surface area (Å²) in [6.45, 7) is 1.73. The van der Waals surface area contributed by atoms with Gasteiger partial charge in [-0.05, 0) is 38.7 Å². The number of aliphatic hydroxyl groups is 1. The van der Waals surface area contributed by atoms with E-state index in [1.54, 1.807) is 33.2 Å². The molecule has 1 aromatic carbocycles. The number of amides is 1. The van der Waals surface area contributed by atoms with Crippen molar-refractivity contribution in [3.05, 3.63) is 29.3 Å². The lowest BCUT2D eigenvalue weighted by atomic mass is 9.48. The molecule has 5 N–H and O–H groups in total. The van der Waals surface area contributed by atoms with E-state index in [4.69, 9.17) is 5.73 Å². The van der Waals surface area contributed by atoms with Crippen molar-refractivity contribution in [2.45, 2.75) is 30.5 Å². The van der Waals surface area contributed by atoms with Crippen LogP contribution in [0.4, 0.5) is 0 Å². The number of nitrogens with one attached hydrogen (secondary N) is 1. The van der Waals surface area contributed by atoms with Gasteiger partial charge in [-0.3, -0.25) is 28.9 Å². The lowest BCUT2D eigenvalue weighted by molar-refractivity contribution is -0.173. The van der Waals surface area contributed by atoms with E-state index < -0.39 is 76.3 Å². The van der Waals surface area contributed by atoms with Gasteiger partial charge >= 0.3 is 0 Å². The van der Waals surface area contributed by atoms with Crippen molar-refractivity contribution < 1.29 is 34.2 Å². The number of nitrogens with zero attached hydrogens (tertiary/aromatic N) is 1. The molecule has 3 aliphatic rings. The largest absolute Gasteiger partial charge is 0.507 e. The highest BCUT2D eigenvalue weighted by molar-refractivity contribution is 6.33. The number of hydrogen-bond acceptors (Lipinski definition) is 9. The van der Waals surface area contributed by atoms with Gasteiger partial charge in [-0.2, -0.15) is 0 Å². The molecule has 0 spiro atoms. The number of fused-ring (bicyclic) bond motifs is 3. The number of carbonyl (C=O) groups excluding carboxylic acids is 5. The molecular weight excluding hydrogens is 430 g/mol. The van der Waals surface area contributed by atoms with Gasteiger partial charge in [0.2, 0.25) is 5.91 Å². The highest BCUT2D eigenvalue weighted by Crippen LogP contribution is 2.54. The molecule has 0 heterocycles. The van der Waals surface area contributed by atoms with Crippen molar-refractivity contribution in [2.75, 3.05) is 21.1 Å². The second-order valence-electron chi connectivity index (χ2n) is 9.40. The highest BCUT2D eigenvalue weighted by atomic mass is 16.3. The van der Waals surface area contributed by atoms with Gasteiger partial charge < -0.3 is 21.3 Å². The van der Waals surface area contributed by atoms with Crippen molar-refractivity contribution in [1.82, 2.24) is 10.2 Å². The number of carbonyl (C=O) groups is 5. The highest BCUT2D eigenvalue weighted by Gasteiger charge is 2.72. The fourth-order valence-electron chi connectivity index (χ4n) is 6.40. The molecule has 4 rings (SSSR count). The minimum Gasteiger partial charge on any atom is -0.507 e. The summed E-state index contributed by atoms with van der Waals surface area (Å²) in [6.07, 6.45) is -1.43. The number of primary amides is 1. The quantitative estimate of drug-likeness (QED) is 0.400. The standard InChI is InChI=1S/C23H27N3O7/c1-8-9-6-5-7-10(27)12(9)17(28)13-11(8)18(29)15-16(26(3)4)19(30)14(22(24)33)21(32)23(15,25-2)20(13)31/h5-8,11,13-16,18,25,27,29H,1-4H3,(H2,24,33)/t8-,11+,13?,14?,15-,16-,18+,23?/m0/s1. The Balaban J connectivity index is 2.00. The maximum absolute atomic E-state index is 14.0. The zero-order chi connectivity index (χ0) is 24.6. The van der Waals surface area contributed by atoms with Gasteiger partial charge in [-0.15, -0.1) is 0 Å². The maximum Gasteiger partial charge on any atom is 0.235 e. The fraction of sp³-hybridized carbons (Fsp3) is 0.522. The number of ketones is 4. The monoisotopic (exact) mass is 457 g/mol. The van der Waals surface area contributed by atoms with Crippen LogP contribution in [0.3, 0.4) is 0 Å². The van der Waals surface area contributed by atoms with Crippen LogP contribution >= 0.6 is 0 Å². The topological polar surface area (TPSA) is 167 Å². The number of phenolic OH excluding ortho intramolecular Hbond substituents is 1. The van der Waals surface area contributed by atoms with E-state index in [0.717, 1.165) is 0 Å². The summed E-state index contributed by atoms with van der Waals surface area (Å²) >= 11 is 0. The van der Waals surface area contributed by atoms with Crippen molar-refractivity contribution in [1.29, 1.82) is 0 Å². The molecule has 0 aliphatic heterocycles. The van der Waals surface area contributed by atoms with Gasteiger partial charge in [0, 0.05) is 11.8 Å². The Morgan fingerprint density at radius 2 is 1.79 bits per heavy atom. The number of nitrogens with two attached hydrogens (primary N) is 1. The Bertz CT molecular complexity index is 1100. The molecule has 0 bridgehead atoms. The number of aliphatic hydroxyl groups excluding tert-OH is 1. The van der Waals surface area contributed by atoms with E-state index in [1.165, 1.54) is 18.0 Å². The van der Waals surface area contributed by atoms with Crippen LogP contribution in [-0.2, 0) is 19.2 Å². The van der Waals surface area contributed by atoms with Gasteiger partial charge in [-0.25, -0.2) is 0 Å². The lowest BCUT2D eigenvalue weighted by Gasteiger charge is -2.57. The van der Waals surface area contributed by atoms with Gasteiger partial charge in [0.15, 0.2) is 29.1 Å². The van der Waals surface area contributed by atoms with E-state index in [-0.39, 0.29) is 11.3 Å². The van der Waals surface area contributed by atoms with Gasteiger partial charge in [0.1, 0.15) is 11.3 Å². The lowest BCUT2D eigenvalue weighted by Crippen LogP contribution is -2.81. The number of Topliss-reactive ketones (excluding diaryl/α,β-unsaturated/α-hetero) is 4. The summed E-state index contributed by atoms with van der Waals surface area (Å²) < 4.78 is 0. The van der Waals surface area contributed by atoms with Crippen molar-refractivity contribution in [2.24, 2.45) is 29.4 Å². The molecular formula is C23H27N3O7. The summed E-state index contributed by atoms with van der Waals surface area (Å²) in [4.78, 5) is 67.9. The fourth-order valence-corrected chi connectivity index (χ4v) is 6.40. The Kier molecular flexibility index (Phi) is 5.31. The van der Waals surface area contributed by atoms with Crippen LogP contribution in [-0.4, -0.2) is 83.0 Å². The van der Waals surface area contributed by atoms with E-state index in [1.807, 2.05) is 0 Å². The predicted octanol–water partition coefficient (Wildman–Crippen LogP) is -1.37. The van der Waals surface area contributed by atoms with E-state index >= 15 is 0 Å². The summed E-state index contributed by atoms with van der Waals surface area (Å²) in [5, 5.41) is 24.7. The molecule has 3 aliphatic carbocycles. The molecule has 176 valence electrons. The first-order chi connectivity index (χ1) is 15.4. The average molecular weight is 457 g/mol. The number of rotatable bonds is 3. The smallest absolute Gasteiger partial charge is 0.235 e. The second-order valence-corrected chi connectivity index (χ2v) is 9.40. The van der Waals surface area contributed by atoms with E-state index in [0.29, 0.717) is 5.56 Å². The molecule has 33 heavy (non-hydrogen) atoms. The van der Waals surface area contributed by atoms with Crippen LogP contribution in [0.1, 0.15) is 28.8 Å². The average Bonchev–Trinajstić information content (AvgIpc) is 2.73. The van der Waals surface area contributed by atoms with Crippen LogP contribution < -0.4 is 11.1 Å². The van der Waals surface area contributed by atoms with Crippen LogP contribution in [0.5, 0.6) is 5.75 Å². The van der Waals surface area contributed by atoms with Crippen LogP contribution in [0, 0.1) is 23.7 Å². The third-order valence-electron chi connectivity index (χ3n) is 7.79. The maximum atomic E-state index is 14.0. The summed E-state index contributed by atoms with van der Waals surface area (Å²) in [5.74, 6) is -10.9. The number of aromatic hydroxyl groups is 1. The Labute approximate surface area is 190 Å². The molecule has 0 aromatic heterocycles. The Hall–Kier alpha value is -2.95. The number of likely N-dealkylation sites (N-methyl/N-ethyl adjacent to an activating group) is 2. The molecule has 8 atom stereocenters. The molecule has 2 saturated carbocycles. The molecule has 2 fully saturated rings. The first kappa shape index (κ1) is 23.2. The number of phenols is 1. The molecule has 1 amide bonds. The summed E-state index contributed by atoms with van der Waals surface area (Å²) in [6, 6.07) is 3.37. The first-order valence-corrected chi connectivity index (χ1v) is 10.7. The first-order valence-electron chi connectivity index (χ1n) is 10.7. The van der Waals surface area contributed by atoms with Crippen LogP contribution in [0.2, 0.25) is 0 Å². The van der Waals surface area contributed by atoms with Crippen molar-refractivity contribution in [3.8, 4) is 5.75 Å². The third-order valence-corrected chi connectivity index (χ3v) is 7.79. The number of hydrogen-bond donors (Lipinski definition) is 4. The summed E-state index contributed by atoms with van der Waals surface area (Å²) in [5.41, 5.74) is 3.67. The minimum atomic E-state index is -2.18.